The van der Waals surface area contributed by atoms with Crippen molar-refractivity contribution in [3.05, 3.63) is 107 Å². The van der Waals surface area contributed by atoms with Crippen LogP contribution in [0.3, 0.4) is 0 Å². The number of nitrogens with one attached hydrogen (secondary N) is 1. The van der Waals surface area contributed by atoms with Crippen molar-refractivity contribution in [1.82, 2.24) is 15.1 Å². The Balaban J connectivity index is 1.55. The number of amides is 5. The third-order valence-corrected chi connectivity index (χ3v) is 9.07. The lowest BCUT2D eigenvalue weighted by atomic mass is 9.92. The number of carbonyl (C=O) groups is 9. The molecule has 18 heteroatoms. The maximum Gasteiger partial charge on any atom is 0.408 e. The highest BCUT2D eigenvalue weighted by molar-refractivity contribution is 6.21. The average Bonchev–Trinajstić information content (AvgIpc) is 3.44. The van der Waals surface area contributed by atoms with E-state index in [4.69, 9.17) is 28.4 Å². The van der Waals surface area contributed by atoms with Crippen molar-refractivity contribution in [3.63, 3.8) is 0 Å². The van der Waals surface area contributed by atoms with Gasteiger partial charge in [-0.2, -0.15) is 0 Å². The van der Waals surface area contributed by atoms with Gasteiger partial charge in [-0.1, -0.05) is 72.8 Å². The van der Waals surface area contributed by atoms with Gasteiger partial charge in [-0.15, -0.1) is 0 Å². The fourth-order valence-electron chi connectivity index (χ4n) is 6.57. The minimum atomic E-state index is -2.05. The molecule has 0 aromatic heterocycles. The highest BCUT2D eigenvalue weighted by atomic mass is 16.6. The van der Waals surface area contributed by atoms with E-state index in [0.717, 1.165) is 27.7 Å². The Morgan fingerprint density at radius 3 is 1.69 bits per heavy atom. The van der Waals surface area contributed by atoms with Crippen molar-refractivity contribution in [2.45, 2.75) is 84.0 Å². The normalized spacial score (nSPS) is 20.0. The number of benzene rings is 3. The third kappa shape index (κ3) is 10.7. The largest absolute Gasteiger partial charge is 0.463 e. The topological polar surface area (TPSA) is 228 Å². The van der Waals surface area contributed by atoms with Gasteiger partial charge in [0.1, 0.15) is 38.0 Å². The first-order valence-corrected chi connectivity index (χ1v) is 18.3. The molecule has 1 saturated heterocycles. The van der Waals surface area contributed by atoms with Gasteiger partial charge in [0.25, 0.3) is 11.8 Å². The monoisotopic (exact) mass is 815 g/mol. The molecule has 0 radical (unpaired) electrons. The number of rotatable bonds is 14. The van der Waals surface area contributed by atoms with Gasteiger partial charge in [-0.3, -0.25) is 43.4 Å². The number of imide groups is 2. The fraction of sp³-hybridized carbons (Fsp3) is 0.341. The Labute approximate surface area is 337 Å². The summed E-state index contributed by atoms with van der Waals surface area (Å²) in [6.45, 7) is 2.81. The molecule has 5 amide bonds. The predicted molar refractivity (Wildman–Crippen MR) is 199 cm³/mol. The van der Waals surface area contributed by atoms with Gasteiger partial charge in [0.2, 0.25) is 11.8 Å². The minimum absolute atomic E-state index is 0.0796. The molecule has 18 nitrogen and oxygen atoms in total. The van der Waals surface area contributed by atoms with Crippen LogP contribution in [0.15, 0.2) is 84.9 Å². The van der Waals surface area contributed by atoms with Crippen LogP contribution in [0.5, 0.6) is 0 Å². The Kier molecular flexibility index (Phi) is 14.2. The van der Waals surface area contributed by atoms with E-state index < -0.39 is 103 Å². The summed E-state index contributed by atoms with van der Waals surface area (Å²) < 4.78 is 33.2. The third-order valence-electron chi connectivity index (χ3n) is 9.07. The van der Waals surface area contributed by atoms with E-state index in [1.54, 1.807) is 60.7 Å². The van der Waals surface area contributed by atoms with Crippen molar-refractivity contribution < 1.29 is 71.6 Å². The number of hydrogen-bond acceptors (Lipinski definition) is 15. The van der Waals surface area contributed by atoms with E-state index in [1.807, 2.05) is 0 Å². The van der Waals surface area contributed by atoms with Crippen LogP contribution in [0, 0.1) is 0 Å². The number of nitrogens with zero attached hydrogens (tertiary/aromatic N) is 2. The molecule has 5 rings (SSSR count). The minimum Gasteiger partial charge on any atom is -0.463 e. The van der Waals surface area contributed by atoms with Crippen molar-refractivity contribution in [1.29, 1.82) is 0 Å². The second-order valence-electron chi connectivity index (χ2n) is 13.4. The number of ether oxygens (including phenoxy) is 6. The lowest BCUT2D eigenvalue weighted by Crippen LogP contribution is -2.71. The van der Waals surface area contributed by atoms with E-state index in [9.17, 15) is 43.2 Å². The molecule has 0 aliphatic carbocycles. The maximum absolute atomic E-state index is 14.5. The summed E-state index contributed by atoms with van der Waals surface area (Å²) in [5.74, 6) is -8.03. The molecule has 1 fully saturated rings. The molecule has 2 heterocycles. The molecular formula is C41H41N3O15. The van der Waals surface area contributed by atoms with Crippen molar-refractivity contribution in [2.24, 2.45) is 0 Å². The molecule has 0 bridgehead atoms. The van der Waals surface area contributed by atoms with E-state index in [2.05, 4.69) is 5.32 Å². The molecule has 6 atom stereocenters. The molecule has 3 aromatic carbocycles. The molecule has 0 spiro atoms. The maximum atomic E-state index is 14.5. The van der Waals surface area contributed by atoms with Gasteiger partial charge in [0.15, 0.2) is 18.4 Å². The van der Waals surface area contributed by atoms with Crippen LogP contribution in [-0.2, 0) is 70.4 Å². The van der Waals surface area contributed by atoms with Crippen LogP contribution in [-0.4, -0.2) is 107 Å². The highest BCUT2D eigenvalue weighted by Crippen LogP contribution is 2.37. The van der Waals surface area contributed by atoms with Gasteiger partial charge in [0, 0.05) is 27.7 Å². The summed E-state index contributed by atoms with van der Waals surface area (Å²) >= 11 is 0. The Morgan fingerprint density at radius 1 is 0.678 bits per heavy atom. The molecule has 2 aliphatic rings. The van der Waals surface area contributed by atoms with Crippen molar-refractivity contribution >= 4 is 53.6 Å². The molecule has 59 heavy (non-hydrogen) atoms. The number of carbonyl (C=O) groups excluding carboxylic acids is 9. The van der Waals surface area contributed by atoms with E-state index in [-0.39, 0.29) is 24.3 Å². The molecule has 3 unspecified atom stereocenters. The Morgan fingerprint density at radius 2 is 1.19 bits per heavy atom. The number of esters is 4. The Bertz CT molecular complexity index is 2060. The van der Waals surface area contributed by atoms with Crippen LogP contribution in [0.4, 0.5) is 4.79 Å². The molecule has 2 aliphatic heterocycles. The molecular weight excluding hydrogens is 774 g/mol. The molecule has 310 valence electrons. The lowest BCUT2D eigenvalue weighted by molar-refractivity contribution is -0.251. The molecule has 3 aromatic rings. The number of hydrogen-bond donors (Lipinski definition) is 1. The first-order valence-electron chi connectivity index (χ1n) is 18.3. The van der Waals surface area contributed by atoms with E-state index in [0.29, 0.717) is 20.9 Å². The molecule has 0 saturated carbocycles. The summed E-state index contributed by atoms with van der Waals surface area (Å²) in [5.41, 5.74) is 1.02. The number of fused-ring (bicyclic) bond motifs is 1. The van der Waals surface area contributed by atoms with Crippen LogP contribution < -0.4 is 5.32 Å². The van der Waals surface area contributed by atoms with E-state index in [1.165, 1.54) is 24.3 Å². The van der Waals surface area contributed by atoms with Crippen LogP contribution >= 0.6 is 0 Å². The van der Waals surface area contributed by atoms with Crippen LogP contribution in [0.1, 0.15) is 66.0 Å². The highest BCUT2D eigenvalue weighted by Gasteiger charge is 2.59. The summed E-state index contributed by atoms with van der Waals surface area (Å²) in [7, 11) is 0. The lowest BCUT2D eigenvalue weighted by Gasteiger charge is -2.49. The zero-order valence-electron chi connectivity index (χ0n) is 32.4. The zero-order chi connectivity index (χ0) is 42.8. The summed E-state index contributed by atoms with van der Waals surface area (Å²) in [4.78, 5) is 121. The summed E-state index contributed by atoms with van der Waals surface area (Å²) in [6.07, 6.45) is -9.28. The zero-order valence-corrected chi connectivity index (χ0v) is 32.4. The second kappa shape index (κ2) is 19.5. The van der Waals surface area contributed by atoms with Gasteiger partial charge < -0.3 is 33.7 Å². The van der Waals surface area contributed by atoms with E-state index >= 15 is 0 Å². The summed E-state index contributed by atoms with van der Waals surface area (Å²) in [5, 5.41) is 2.31. The fourth-order valence-corrected chi connectivity index (χ4v) is 6.57. The Hall–Kier alpha value is -6.95. The van der Waals surface area contributed by atoms with Crippen molar-refractivity contribution in [3.8, 4) is 0 Å². The van der Waals surface area contributed by atoms with Gasteiger partial charge >= 0.3 is 30.0 Å². The second-order valence-corrected chi connectivity index (χ2v) is 13.4. The quantitative estimate of drug-likeness (QED) is 0.140. The van der Waals surface area contributed by atoms with Gasteiger partial charge in [0.05, 0.1) is 17.5 Å². The standard InChI is InChI=1S/C41H41N3O15/c1-23(45)43(33(49)19-31(40(52)55-20-27-13-7-5-8-14-27)42-41(53)56-21-28-15-9-6-10-16-28)39-34(44-37(50)29-17-11-12-18-30(29)38(44)51)36(58-26(4)48)35(57-25(3)47)32(59-39)22-54-24(2)46/h5-18,31-32,34-36,39H,19-22H2,1-4H3,(H,42,53)/t31-,32?,34?,35+,36?,39+/m0/s1. The number of alkyl carbamates (subject to hydrolysis) is 1. The van der Waals surface area contributed by atoms with Crippen LogP contribution in [0.2, 0.25) is 0 Å². The first kappa shape index (κ1) is 43.2. The van der Waals surface area contributed by atoms with Gasteiger partial charge in [-0.25, -0.2) is 9.59 Å². The van der Waals surface area contributed by atoms with Crippen molar-refractivity contribution in [2.75, 3.05) is 6.61 Å². The van der Waals surface area contributed by atoms with Crippen LogP contribution in [0.25, 0.3) is 0 Å². The van der Waals surface area contributed by atoms with Gasteiger partial charge in [-0.05, 0) is 23.3 Å². The SMILES string of the molecule is CC(=O)OCC1O[C@@H](N(C(C)=O)C(=O)C[C@H](NC(=O)OCc2ccccc2)C(=O)OCc2ccccc2)C(N2C(=O)c3ccccc3C2=O)C(OC(C)=O)[C@@H]1OC(C)=O. The predicted octanol–water partition coefficient (Wildman–Crippen LogP) is 2.61. The average molecular weight is 816 g/mol. The molecule has 1 N–H and O–H groups in total. The summed E-state index contributed by atoms with van der Waals surface area (Å²) in [6, 6.07) is 19.0. The smallest absolute Gasteiger partial charge is 0.408 e. The first-order chi connectivity index (χ1) is 28.2.